The maximum atomic E-state index is 10.9. The minimum atomic E-state index is -0.893. The molecule has 0 saturated heterocycles. The molecule has 0 amide bonds. The lowest BCUT2D eigenvalue weighted by Gasteiger charge is -2.07. The number of carboxylic acids is 1. The highest BCUT2D eigenvalue weighted by atomic mass is 16.4. The van der Waals surface area contributed by atoms with Gasteiger partial charge < -0.3 is 5.11 Å². The maximum Gasteiger partial charge on any atom is 0.337 e. The number of fused-ring (bicyclic) bond motifs is 1. The number of rotatable bonds is 1. The van der Waals surface area contributed by atoms with Crippen molar-refractivity contribution in [3.05, 3.63) is 34.7 Å². The van der Waals surface area contributed by atoms with Crippen LogP contribution in [-0.4, -0.2) is 16.1 Å². The van der Waals surface area contributed by atoms with Crippen LogP contribution in [0.25, 0.3) is 6.08 Å². The second kappa shape index (κ2) is 3.85. The second-order valence-corrected chi connectivity index (χ2v) is 3.77. The van der Waals surface area contributed by atoms with Crippen molar-refractivity contribution in [2.45, 2.75) is 26.2 Å². The molecule has 0 fully saturated rings. The van der Waals surface area contributed by atoms with Gasteiger partial charge in [0.1, 0.15) is 0 Å². The van der Waals surface area contributed by atoms with Gasteiger partial charge in [-0.3, -0.25) is 4.98 Å². The monoisotopic (exact) mass is 203 g/mol. The Hall–Kier alpha value is -1.64. The molecule has 0 unspecified atom stereocenters. The first-order valence-electron chi connectivity index (χ1n) is 5.09. The van der Waals surface area contributed by atoms with E-state index in [1.54, 1.807) is 13.0 Å². The summed E-state index contributed by atoms with van der Waals surface area (Å²) in [4.78, 5) is 15.3. The van der Waals surface area contributed by atoms with Crippen LogP contribution < -0.4 is 0 Å². The molecule has 0 aliphatic heterocycles. The first kappa shape index (κ1) is 9.90. The summed E-state index contributed by atoms with van der Waals surface area (Å²) in [5.41, 5.74) is 2.89. The number of aromatic nitrogens is 1. The fourth-order valence-corrected chi connectivity index (χ4v) is 1.83. The predicted octanol–water partition coefficient (Wildman–Crippen LogP) is 2.44. The smallest absolute Gasteiger partial charge is 0.337 e. The number of hydrogen-bond donors (Lipinski definition) is 1. The SMILES string of the molecule is Cc1nc2c(cc1C(=O)O)CCCC=C2. The van der Waals surface area contributed by atoms with Crippen molar-refractivity contribution in [3.63, 3.8) is 0 Å². The fraction of sp³-hybridized carbons (Fsp3) is 0.333. The van der Waals surface area contributed by atoms with E-state index in [9.17, 15) is 4.79 Å². The molecule has 0 atom stereocenters. The molecule has 78 valence electrons. The van der Waals surface area contributed by atoms with Crippen LogP contribution in [0.1, 0.15) is 40.2 Å². The lowest BCUT2D eigenvalue weighted by atomic mass is 10.0. The number of carbonyl (C=O) groups is 1. The van der Waals surface area contributed by atoms with Gasteiger partial charge in [0.2, 0.25) is 0 Å². The number of allylic oxidation sites excluding steroid dienone is 1. The molecule has 2 rings (SSSR count). The zero-order valence-corrected chi connectivity index (χ0v) is 8.66. The largest absolute Gasteiger partial charge is 0.478 e. The van der Waals surface area contributed by atoms with E-state index in [1.165, 1.54) is 0 Å². The normalized spacial score (nSPS) is 14.5. The molecule has 0 aromatic carbocycles. The van der Waals surface area contributed by atoms with Crippen LogP contribution in [-0.2, 0) is 6.42 Å². The van der Waals surface area contributed by atoms with Crippen LogP contribution in [0.2, 0.25) is 0 Å². The molecule has 1 heterocycles. The van der Waals surface area contributed by atoms with Crippen molar-refractivity contribution in [2.75, 3.05) is 0 Å². The van der Waals surface area contributed by atoms with Gasteiger partial charge in [-0.25, -0.2) is 4.79 Å². The highest BCUT2D eigenvalue weighted by molar-refractivity contribution is 5.89. The van der Waals surface area contributed by atoms with Gasteiger partial charge in [0.25, 0.3) is 0 Å². The van der Waals surface area contributed by atoms with E-state index >= 15 is 0 Å². The van der Waals surface area contributed by atoms with Crippen LogP contribution in [0.15, 0.2) is 12.1 Å². The van der Waals surface area contributed by atoms with Crippen molar-refractivity contribution in [1.29, 1.82) is 0 Å². The number of aromatic carboxylic acids is 1. The molecular formula is C12H13NO2. The number of pyridine rings is 1. The molecule has 0 radical (unpaired) electrons. The summed E-state index contributed by atoms with van der Waals surface area (Å²) in [6.07, 6.45) is 7.10. The molecule has 1 aliphatic rings. The Morgan fingerprint density at radius 1 is 1.53 bits per heavy atom. The van der Waals surface area contributed by atoms with Crippen molar-refractivity contribution in [2.24, 2.45) is 0 Å². The van der Waals surface area contributed by atoms with E-state index in [2.05, 4.69) is 11.1 Å². The second-order valence-electron chi connectivity index (χ2n) is 3.77. The first-order valence-corrected chi connectivity index (χ1v) is 5.09. The highest BCUT2D eigenvalue weighted by Gasteiger charge is 2.13. The van der Waals surface area contributed by atoms with E-state index in [0.29, 0.717) is 11.3 Å². The molecule has 1 aromatic heterocycles. The van der Waals surface area contributed by atoms with Crippen molar-refractivity contribution in [3.8, 4) is 0 Å². The third-order valence-electron chi connectivity index (χ3n) is 2.65. The zero-order valence-electron chi connectivity index (χ0n) is 8.66. The molecule has 0 bridgehead atoms. The molecule has 1 aromatic rings. The molecule has 0 saturated carbocycles. The Kier molecular flexibility index (Phi) is 2.54. The number of carboxylic acid groups (broad SMARTS) is 1. The molecule has 0 spiro atoms. The van der Waals surface area contributed by atoms with Gasteiger partial charge in [-0.2, -0.15) is 0 Å². The summed E-state index contributed by atoms with van der Waals surface area (Å²) >= 11 is 0. The lowest BCUT2D eigenvalue weighted by Crippen LogP contribution is -2.05. The number of aryl methyl sites for hydroxylation is 2. The van der Waals surface area contributed by atoms with Crippen LogP contribution in [0.3, 0.4) is 0 Å². The van der Waals surface area contributed by atoms with Gasteiger partial charge in [0.05, 0.1) is 17.0 Å². The van der Waals surface area contributed by atoms with Gasteiger partial charge >= 0.3 is 5.97 Å². The summed E-state index contributed by atoms with van der Waals surface area (Å²) in [5, 5.41) is 8.98. The summed E-state index contributed by atoms with van der Waals surface area (Å²) in [6, 6.07) is 1.76. The molecule has 15 heavy (non-hydrogen) atoms. The number of nitrogens with zero attached hydrogens (tertiary/aromatic N) is 1. The van der Waals surface area contributed by atoms with E-state index < -0.39 is 5.97 Å². The average Bonchev–Trinajstić information content (AvgIpc) is 2.40. The van der Waals surface area contributed by atoms with E-state index in [-0.39, 0.29) is 0 Å². The van der Waals surface area contributed by atoms with E-state index in [4.69, 9.17) is 5.11 Å². The summed E-state index contributed by atoms with van der Waals surface area (Å²) in [6.45, 7) is 1.74. The van der Waals surface area contributed by atoms with Gasteiger partial charge in [-0.15, -0.1) is 0 Å². The van der Waals surface area contributed by atoms with Crippen LogP contribution in [0.5, 0.6) is 0 Å². The van der Waals surface area contributed by atoms with E-state index in [1.807, 2.05) is 6.08 Å². The number of hydrogen-bond acceptors (Lipinski definition) is 2. The third-order valence-corrected chi connectivity index (χ3v) is 2.65. The Balaban J connectivity index is 2.54. The van der Waals surface area contributed by atoms with Gasteiger partial charge in [-0.1, -0.05) is 6.08 Å². The van der Waals surface area contributed by atoms with Gasteiger partial charge in [0, 0.05) is 0 Å². The molecule has 3 nitrogen and oxygen atoms in total. The van der Waals surface area contributed by atoms with Crippen LogP contribution >= 0.6 is 0 Å². The van der Waals surface area contributed by atoms with Crippen molar-refractivity contribution in [1.82, 2.24) is 4.98 Å². The quantitative estimate of drug-likeness (QED) is 0.762. The lowest BCUT2D eigenvalue weighted by molar-refractivity contribution is 0.0695. The Labute approximate surface area is 88.5 Å². The Morgan fingerprint density at radius 2 is 2.33 bits per heavy atom. The molecule has 3 heteroatoms. The minimum Gasteiger partial charge on any atom is -0.478 e. The highest BCUT2D eigenvalue weighted by Crippen LogP contribution is 2.20. The van der Waals surface area contributed by atoms with Crippen molar-refractivity contribution >= 4 is 12.0 Å². The van der Waals surface area contributed by atoms with Gasteiger partial charge in [-0.05, 0) is 43.9 Å². The standard InChI is InChI=1S/C12H13NO2/c1-8-10(12(14)15)7-9-5-3-2-4-6-11(9)13-8/h4,6-7H,2-3,5H2,1H3,(H,14,15). The average molecular weight is 203 g/mol. The topological polar surface area (TPSA) is 50.2 Å². The summed E-state index contributed by atoms with van der Waals surface area (Å²) in [5.74, 6) is -0.893. The molecular weight excluding hydrogens is 190 g/mol. The maximum absolute atomic E-state index is 10.9. The first-order chi connectivity index (χ1) is 7.18. The Morgan fingerprint density at radius 3 is 3.07 bits per heavy atom. The van der Waals surface area contributed by atoms with Crippen molar-refractivity contribution < 1.29 is 9.90 Å². The molecule has 1 N–H and O–H groups in total. The summed E-state index contributed by atoms with van der Waals surface area (Å²) < 4.78 is 0. The zero-order chi connectivity index (χ0) is 10.8. The van der Waals surface area contributed by atoms with E-state index in [0.717, 1.165) is 30.5 Å². The fourth-order valence-electron chi connectivity index (χ4n) is 1.83. The minimum absolute atomic E-state index is 0.323. The molecule has 1 aliphatic carbocycles. The summed E-state index contributed by atoms with van der Waals surface area (Å²) in [7, 11) is 0. The van der Waals surface area contributed by atoms with Crippen LogP contribution in [0.4, 0.5) is 0 Å². The van der Waals surface area contributed by atoms with Crippen LogP contribution in [0, 0.1) is 6.92 Å². The van der Waals surface area contributed by atoms with Gasteiger partial charge in [0.15, 0.2) is 0 Å². The predicted molar refractivity (Wildman–Crippen MR) is 57.9 cm³/mol. The third kappa shape index (κ3) is 1.91. The Bertz CT molecular complexity index is 435.